The fraction of sp³-hybridized carbons (Fsp3) is 0.647. The number of nitrogens with zero attached hydrogens (tertiary/aromatic N) is 2. The Bertz CT molecular complexity index is 455. The first-order valence-corrected chi connectivity index (χ1v) is 8.09. The summed E-state index contributed by atoms with van der Waals surface area (Å²) in [7, 11) is 0. The van der Waals surface area contributed by atoms with Crippen LogP contribution in [0.3, 0.4) is 0 Å². The lowest BCUT2D eigenvalue weighted by Crippen LogP contribution is -2.40. The third-order valence-electron chi connectivity index (χ3n) is 4.22. The summed E-state index contributed by atoms with van der Waals surface area (Å²) in [5, 5.41) is 3.38. The number of rotatable bonds is 6. The molecule has 1 fully saturated rings. The van der Waals surface area contributed by atoms with E-state index < -0.39 is 0 Å². The van der Waals surface area contributed by atoms with Gasteiger partial charge in [0.15, 0.2) is 0 Å². The molecule has 0 aliphatic carbocycles. The van der Waals surface area contributed by atoms with Gasteiger partial charge in [0, 0.05) is 19.3 Å². The molecule has 1 aliphatic rings. The highest BCUT2D eigenvalue weighted by Gasteiger charge is 2.21. The van der Waals surface area contributed by atoms with E-state index >= 15 is 0 Å². The molecule has 1 saturated heterocycles. The highest BCUT2D eigenvalue weighted by molar-refractivity contribution is 5.78. The first kappa shape index (κ1) is 16.0. The van der Waals surface area contributed by atoms with Crippen LogP contribution in [-0.4, -0.2) is 42.0 Å². The quantitative estimate of drug-likeness (QED) is 0.873. The maximum atomic E-state index is 12.6. The highest BCUT2D eigenvalue weighted by atomic mass is 16.2. The van der Waals surface area contributed by atoms with Crippen LogP contribution in [-0.2, 0) is 11.2 Å². The van der Waals surface area contributed by atoms with Gasteiger partial charge in [-0.3, -0.25) is 9.78 Å². The van der Waals surface area contributed by atoms with E-state index in [0.29, 0.717) is 12.3 Å². The van der Waals surface area contributed by atoms with E-state index in [1.807, 2.05) is 24.0 Å². The first-order valence-electron chi connectivity index (χ1n) is 8.09. The third kappa shape index (κ3) is 4.81. The molecule has 4 heteroatoms. The number of amides is 1. The number of pyridine rings is 1. The van der Waals surface area contributed by atoms with Crippen molar-refractivity contribution in [2.75, 3.05) is 26.2 Å². The summed E-state index contributed by atoms with van der Waals surface area (Å²) in [5.41, 5.74) is 2.01. The maximum absolute atomic E-state index is 12.6. The summed E-state index contributed by atoms with van der Waals surface area (Å²) >= 11 is 0. The van der Waals surface area contributed by atoms with Gasteiger partial charge < -0.3 is 10.2 Å². The van der Waals surface area contributed by atoms with Crippen molar-refractivity contribution in [1.29, 1.82) is 0 Å². The molecular formula is C17H27N3O. The summed E-state index contributed by atoms with van der Waals surface area (Å²) in [6, 6.07) is 3.94. The largest absolute Gasteiger partial charge is 0.342 e. The summed E-state index contributed by atoms with van der Waals surface area (Å²) in [4.78, 5) is 19.0. The predicted octanol–water partition coefficient (Wildman–Crippen LogP) is 2.17. The molecule has 0 bridgehead atoms. The lowest BCUT2D eigenvalue weighted by atomic mass is 9.97. The molecule has 1 amide bonds. The third-order valence-corrected chi connectivity index (χ3v) is 4.22. The molecule has 1 aliphatic heterocycles. The number of carbonyl (C=O) groups is 1. The van der Waals surface area contributed by atoms with Gasteiger partial charge in [0.25, 0.3) is 0 Å². The Morgan fingerprint density at radius 1 is 1.43 bits per heavy atom. The van der Waals surface area contributed by atoms with Gasteiger partial charge in [-0.25, -0.2) is 0 Å². The number of piperidine rings is 1. The molecule has 21 heavy (non-hydrogen) atoms. The molecule has 0 aromatic carbocycles. The molecule has 1 aromatic heterocycles. The zero-order valence-corrected chi connectivity index (χ0v) is 13.3. The fourth-order valence-electron chi connectivity index (χ4n) is 2.92. The molecule has 0 spiro atoms. The van der Waals surface area contributed by atoms with Crippen LogP contribution in [0.2, 0.25) is 0 Å². The molecular weight excluding hydrogens is 262 g/mol. The summed E-state index contributed by atoms with van der Waals surface area (Å²) in [6.45, 7) is 8.08. The van der Waals surface area contributed by atoms with Gasteiger partial charge in [-0.2, -0.15) is 0 Å². The summed E-state index contributed by atoms with van der Waals surface area (Å²) in [5.74, 6) is 0.865. The molecule has 0 saturated carbocycles. The number of aryl methyl sites for hydroxylation is 1. The lowest BCUT2D eigenvalue weighted by Gasteiger charge is -2.30. The molecule has 0 atom stereocenters. The minimum Gasteiger partial charge on any atom is -0.342 e. The Morgan fingerprint density at radius 2 is 2.19 bits per heavy atom. The van der Waals surface area contributed by atoms with E-state index in [1.54, 1.807) is 6.20 Å². The van der Waals surface area contributed by atoms with Crippen LogP contribution in [0.1, 0.15) is 37.4 Å². The van der Waals surface area contributed by atoms with Gasteiger partial charge >= 0.3 is 0 Å². The van der Waals surface area contributed by atoms with Crippen LogP contribution in [0.15, 0.2) is 18.3 Å². The van der Waals surface area contributed by atoms with E-state index in [0.717, 1.165) is 43.9 Å². The van der Waals surface area contributed by atoms with Crippen LogP contribution >= 0.6 is 0 Å². The minimum atomic E-state index is 0.220. The maximum Gasteiger partial charge on any atom is 0.228 e. The van der Waals surface area contributed by atoms with Crippen LogP contribution in [0, 0.1) is 12.8 Å². The van der Waals surface area contributed by atoms with Gasteiger partial charge in [0.1, 0.15) is 0 Å². The van der Waals surface area contributed by atoms with Crippen molar-refractivity contribution in [1.82, 2.24) is 15.2 Å². The normalized spacial score (nSPS) is 15.9. The first-order chi connectivity index (χ1) is 10.2. The van der Waals surface area contributed by atoms with Gasteiger partial charge in [-0.15, -0.1) is 0 Å². The van der Waals surface area contributed by atoms with Gasteiger partial charge in [-0.05, 0) is 56.8 Å². The molecule has 1 N–H and O–H groups in total. The van der Waals surface area contributed by atoms with Gasteiger partial charge in [0.2, 0.25) is 5.91 Å². The van der Waals surface area contributed by atoms with Crippen LogP contribution in [0.5, 0.6) is 0 Å². The Morgan fingerprint density at radius 3 is 2.86 bits per heavy atom. The molecule has 0 radical (unpaired) electrons. The average molecular weight is 289 g/mol. The second-order valence-electron chi connectivity index (χ2n) is 5.98. The fourth-order valence-corrected chi connectivity index (χ4v) is 2.92. The topological polar surface area (TPSA) is 45.2 Å². The van der Waals surface area contributed by atoms with Crippen molar-refractivity contribution in [2.45, 2.75) is 39.5 Å². The second kappa shape index (κ2) is 8.13. The van der Waals surface area contributed by atoms with E-state index in [-0.39, 0.29) is 5.91 Å². The van der Waals surface area contributed by atoms with Gasteiger partial charge in [-0.1, -0.05) is 13.0 Å². The van der Waals surface area contributed by atoms with Crippen LogP contribution < -0.4 is 5.32 Å². The zero-order chi connectivity index (χ0) is 15.1. The predicted molar refractivity (Wildman–Crippen MR) is 85.1 cm³/mol. The van der Waals surface area contributed by atoms with Crippen molar-refractivity contribution >= 4 is 5.91 Å². The Kier molecular flexibility index (Phi) is 6.18. The van der Waals surface area contributed by atoms with Crippen molar-refractivity contribution in [3.63, 3.8) is 0 Å². The molecule has 0 unspecified atom stereocenters. The molecule has 4 nitrogen and oxygen atoms in total. The molecule has 2 heterocycles. The number of hydrogen-bond donors (Lipinski definition) is 1. The van der Waals surface area contributed by atoms with Crippen molar-refractivity contribution in [2.24, 2.45) is 5.92 Å². The van der Waals surface area contributed by atoms with Crippen molar-refractivity contribution in [3.8, 4) is 0 Å². The number of hydrogen-bond acceptors (Lipinski definition) is 3. The van der Waals surface area contributed by atoms with Crippen LogP contribution in [0.25, 0.3) is 0 Å². The Hall–Kier alpha value is -1.42. The van der Waals surface area contributed by atoms with E-state index in [9.17, 15) is 4.79 Å². The van der Waals surface area contributed by atoms with E-state index in [1.165, 1.54) is 12.8 Å². The van der Waals surface area contributed by atoms with Crippen LogP contribution in [0.4, 0.5) is 0 Å². The molecule has 116 valence electrons. The second-order valence-corrected chi connectivity index (χ2v) is 5.98. The monoisotopic (exact) mass is 289 g/mol. The Balaban J connectivity index is 1.96. The zero-order valence-electron chi connectivity index (χ0n) is 13.3. The van der Waals surface area contributed by atoms with Crippen molar-refractivity contribution in [3.05, 3.63) is 29.6 Å². The lowest BCUT2D eigenvalue weighted by molar-refractivity contribution is -0.131. The van der Waals surface area contributed by atoms with Crippen molar-refractivity contribution < 1.29 is 4.79 Å². The standard InChI is InChI=1S/C17H27N3O/c1-3-11-20(13-15-6-9-18-10-7-15)17(21)12-16-14(2)5-4-8-19-16/h4-5,8,15,18H,3,6-7,9-13H2,1-2H3. The van der Waals surface area contributed by atoms with E-state index in [2.05, 4.69) is 17.2 Å². The average Bonchev–Trinajstić information content (AvgIpc) is 2.50. The minimum absolute atomic E-state index is 0.220. The Labute approximate surface area is 127 Å². The number of aromatic nitrogens is 1. The smallest absolute Gasteiger partial charge is 0.228 e. The molecule has 1 aromatic rings. The number of carbonyl (C=O) groups excluding carboxylic acids is 1. The highest BCUT2D eigenvalue weighted by Crippen LogP contribution is 2.15. The number of nitrogens with one attached hydrogen (secondary N) is 1. The SMILES string of the molecule is CCCN(CC1CCNCC1)C(=O)Cc1ncccc1C. The molecule has 2 rings (SSSR count). The van der Waals surface area contributed by atoms with E-state index in [4.69, 9.17) is 0 Å². The summed E-state index contributed by atoms with van der Waals surface area (Å²) < 4.78 is 0. The summed E-state index contributed by atoms with van der Waals surface area (Å²) in [6.07, 6.45) is 5.56. The van der Waals surface area contributed by atoms with Gasteiger partial charge in [0.05, 0.1) is 12.1 Å².